The normalized spacial score (nSPS) is 18.1. The first kappa shape index (κ1) is 25.8. The third-order valence-electron chi connectivity index (χ3n) is 7.88. The number of hydrogen-bond acceptors (Lipinski definition) is 4. The molecule has 0 radical (unpaired) electrons. The maximum absolute atomic E-state index is 13.5. The fourth-order valence-electron chi connectivity index (χ4n) is 5.70. The third-order valence-corrected chi connectivity index (χ3v) is 7.88. The van der Waals surface area contributed by atoms with Crippen LogP contribution in [-0.4, -0.2) is 49.1 Å². The second kappa shape index (κ2) is 11.7. The van der Waals surface area contributed by atoms with Gasteiger partial charge in [-0.15, -0.1) is 0 Å². The van der Waals surface area contributed by atoms with Gasteiger partial charge >= 0.3 is 0 Å². The smallest absolute Gasteiger partial charge is 0.123 e. The minimum Gasteiger partial charge on any atom is -0.368 e. The monoisotopic (exact) mass is 512 g/mol. The molecule has 2 aliphatic rings. The van der Waals surface area contributed by atoms with E-state index in [1.54, 1.807) is 12.1 Å². The topological polar surface area (TPSA) is 33.5 Å². The van der Waals surface area contributed by atoms with E-state index in [9.17, 15) is 14.0 Å². The molecule has 1 unspecified atom stereocenters. The van der Waals surface area contributed by atoms with Crippen molar-refractivity contribution in [2.24, 2.45) is 0 Å². The number of halogens is 2. The van der Waals surface area contributed by atoms with E-state index in [-0.39, 0.29) is 11.6 Å². The van der Waals surface area contributed by atoms with Crippen molar-refractivity contribution in [1.82, 2.24) is 9.80 Å². The van der Waals surface area contributed by atoms with Crippen LogP contribution < -0.4 is 15.3 Å². The molecule has 4 nitrogen and oxygen atoms in total. The number of likely N-dealkylation sites (tertiary alicyclic amines) is 1. The zero-order chi connectivity index (χ0) is 26.5. The van der Waals surface area contributed by atoms with E-state index in [0.29, 0.717) is 11.5 Å². The fourth-order valence-corrected chi connectivity index (χ4v) is 5.70. The van der Waals surface area contributed by atoms with Gasteiger partial charge < -0.3 is 14.7 Å². The van der Waals surface area contributed by atoms with Crippen LogP contribution in [0.1, 0.15) is 37.7 Å². The molecular weight excluding hydrogens is 478 g/mol. The lowest BCUT2D eigenvalue weighted by Crippen LogP contribution is -2.50. The zero-order valence-corrected chi connectivity index (χ0v) is 21.9. The minimum absolute atomic E-state index is 0.188. The molecule has 0 aromatic heterocycles. The second-order valence-electron chi connectivity index (χ2n) is 10.3. The Morgan fingerprint density at radius 2 is 1.29 bits per heavy atom. The van der Waals surface area contributed by atoms with Gasteiger partial charge in [0, 0.05) is 55.7 Å². The van der Waals surface area contributed by atoms with Gasteiger partial charge in [-0.2, -0.15) is 5.26 Å². The zero-order valence-electron chi connectivity index (χ0n) is 21.9. The highest BCUT2D eigenvalue weighted by atomic mass is 19.1. The lowest BCUT2D eigenvalue weighted by atomic mass is 9.92. The highest BCUT2D eigenvalue weighted by molar-refractivity contribution is 5.57. The Kier molecular flexibility index (Phi) is 7.93. The largest absolute Gasteiger partial charge is 0.368 e. The SMILES string of the molecule is CC(C#N)=c1ccc(=C(N2CCCC(c3ccc(F)cc3)CC2)N2CCN(c3ccc(F)cc3)CC2)cc1. The van der Waals surface area contributed by atoms with Crippen molar-refractivity contribution in [2.45, 2.75) is 32.1 Å². The van der Waals surface area contributed by atoms with Gasteiger partial charge in [-0.3, -0.25) is 0 Å². The third kappa shape index (κ3) is 5.83. The maximum Gasteiger partial charge on any atom is 0.123 e. The van der Waals surface area contributed by atoms with E-state index in [4.69, 9.17) is 0 Å². The average molecular weight is 513 g/mol. The van der Waals surface area contributed by atoms with E-state index in [0.717, 1.165) is 74.7 Å². The molecule has 0 N–H and O–H groups in total. The molecule has 3 aromatic carbocycles. The highest BCUT2D eigenvalue weighted by Crippen LogP contribution is 2.30. The standard InChI is InChI=1S/C32H34F2N4/c1-24(23-35)25-4-6-28(7-5-25)32(38-21-19-36(20-22-38)31-14-12-30(34)13-15-31)37-17-2-3-26(16-18-37)27-8-10-29(33)11-9-27/h4-15,26H,2-3,16-22H2,1H3. The number of piperazine rings is 1. The van der Waals surface area contributed by atoms with Crippen LogP contribution in [0.3, 0.4) is 0 Å². The summed E-state index contributed by atoms with van der Waals surface area (Å²) in [5, 5.41) is 11.4. The van der Waals surface area contributed by atoms with E-state index >= 15 is 0 Å². The predicted molar refractivity (Wildman–Crippen MR) is 149 cm³/mol. The van der Waals surface area contributed by atoms with Crippen molar-refractivity contribution >= 4 is 17.1 Å². The van der Waals surface area contributed by atoms with Crippen molar-refractivity contribution in [1.29, 1.82) is 5.26 Å². The summed E-state index contributed by atoms with van der Waals surface area (Å²) in [5.41, 5.74) is 2.98. The van der Waals surface area contributed by atoms with Crippen LogP contribution in [0.25, 0.3) is 11.4 Å². The number of rotatable bonds is 4. The summed E-state index contributed by atoms with van der Waals surface area (Å²) in [6.45, 7) is 7.21. The van der Waals surface area contributed by atoms with Crippen molar-refractivity contribution < 1.29 is 8.78 Å². The van der Waals surface area contributed by atoms with Crippen LogP contribution in [-0.2, 0) is 0 Å². The van der Waals surface area contributed by atoms with E-state index in [1.807, 2.05) is 43.3 Å². The molecule has 2 heterocycles. The number of hydrogen-bond donors (Lipinski definition) is 0. The van der Waals surface area contributed by atoms with Gasteiger partial charge in [0.25, 0.3) is 0 Å². The molecule has 2 aliphatic heterocycles. The van der Waals surface area contributed by atoms with Gasteiger partial charge in [0.2, 0.25) is 0 Å². The summed E-state index contributed by atoms with van der Waals surface area (Å²) in [5.74, 6) is 1.26. The first-order valence-corrected chi connectivity index (χ1v) is 13.5. The molecule has 1 atom stereocenters. The molecule has 38 heavy (non-hydrogen) atoms. The maximum atomic E-state index is 13.5. The van der Waals surface area contributed by atoms with Crippen LogP contribution in [0.4, 0.5) is 14.5 Å². The number of benzene rings is 3. The van der Waals surface area contributed by atoms with Gasteiger partial charge in [0.1, 0.15) is 17.5 Å². The van der Waals surface area contributed by atoms with Crippen molar-refractivity contribution in [2.75, 3.05) is 44.2 Å². The van der Waals surface area contributed by atoms with Gasteiger partial charge in [-0.05, 0) is 79.3 Å². The Hall–Kier alpha value is -3.85. The molecular formula is C32H34F2N4. The van der Waals surface area contributed by atoms with Gasteiger partial charge in [0.15, 0.2) is 0 Å². The number of nitriles is 1. The molecule has 0 bridgehead atoms. The summed E-state index contributed by atoms with van der Waals surface area (Å²) in [4.78, 5) is 7.32. The Labute approximate surface area is 223 Å². The fraction of sp³-hybridized carbons (Fsp3) is 0.344. The van der Waals surface area contributed by atoms with Crippen LogP contribution in [0.2, 0.25) is 0 Å². The van der Waals surface area contributed by atoms with Crippen LogP contribution in [0.15, 0.2) is 72.8 Å². The molecule has 0 spiro atoms. The van der Waals surface area contributed by atoms with Crippen molar-refractivity contribution in [3.05, 3.63) is 100 Å². The quantitative estimate of drug-likeness (QED) is 0.502. The molecule has 3 aromatic rings. The molecule has 0 amide bonds. The number of nitrogens with zero attached hydrogens (tertiary/aromatic N) is 4. The van der Waals surface area contributed by atoms with Crippen LogP contribution >= 0.6 is 0 Å². The summed E-state index contributed by atoms with van der Waals surface area (Å²) >= 11 is 0. The number of anilines is 1. The van der Waals surface area contributed by atoms with Gasteiger partial charge in [-0.1, -0.05) is 36.4 Å². The Morgan fingerprint density at radius 1 is 0.711 bits per heavy atom. The first-order valence-electron chi connectivity index (χ1n) is 13.5. The summed E-state index contributed by atoms with van der Waals surface area (Å²) in [6.07, 6.45) is 3.17. The van der Waals surface area contributed by atoms with Crippen LogP contribution in [0.5, 0.6) is 0 Å². The predicted octanol–water partition coefficient (Wildman–Crippen LogP) is 4.82. The van der Waals surface area contributed by atoms with Crippen molar-refractivity contribution in [3.8, 4) is 6.07 Å². The van der Waals surface area contributed by atoms with E-state index < -0.39 is 0 Å². The average Bonchev–Trinajstić information content (AvgIpc) is 3.21. The van der Waals surface area contributed by atoms with Crippen LogP contribution in [0, 0.1) is 23.0 Å². The highest BCUT2D eigenvalue weighted by Gasteiger charge is 2.26. The molecule has 2 saturated heterocycles. The molecule has 0 aliphatic carbocycles. The molecule has 2 fully saturated rings. The van der Waals surface area contributed by atoms with E-state index in [1.165, 1.54) is 23.5 Å². The summed E-state index contributed by atoms with van der Waals surface area (Å²) < 4.78 is 26.9. The Bertz CT molecular complexity index is 1380. The molecule has 5 rings (SSSR count). The summed E-state index contributed by atoms with van der Waals surface area (Å²) in [7, 11) is 0. The molecule has 6 heteroatoms. The van der Waals surface area contributed by atoms with Gasteiger partial charge in [0.05, 0.1) is 6.07 Å². The molecule has 196 valence electrons. The van der Waals surface area contributed by atoms with Gasteiger partial charge in [-0.25, -0.2) is 8.78 Å². The summed E-state index contributed by atoms with van der Waals surface area (Å²) in [6, 6.07) is 24.4. The lowest BCUT2D eigenvalue weighted by molar-refractivity contribution is 0.269. The van der Waals surface area contributed by atoms with E-state index in [2.05, 4.69) is 32.9 Å². The minimum atomic E-state index is -0.213. The Morgan fingerprint density at radius 3 is 1.92 bits per heavy atom. The first-order chi connectivity index (χ1) is 18.5. The molecule has 0 saturated carbocycles. The second-order valence-corrected chi connectivity index (χ2v) is 10.3. The lowest BCUT2D eigenvalue weighted by Gasteiger charge is -2.42. The van der Waals surface area contributed by atoms with Crippen molar-refractivity contribution in [3.63, 3.8) is 0 Å². The Balaban J connectivity index is 1.41.